The molecule has 11 heteroatoms. The molecule has 0 radical (unpaired) electrons. The van der Waals surface area contributed by atoms with Gasteiger partial charge in [0.15, 0.2) is 0 Å². The van der Waals surface area contributed by atoms with E-state index in [1.165, 1.54) is 13.0 Å². The normalized spacial score (nSPS) is 12.9. The van der Waals surface area contributed by atoms with Gasteiger partial charge in [-0.15, -0.1) is 0 Å². The third-order valence-corrected chi connectivity index (χ3v) is 5.92. The standard InChI is InChI=1S/C26H25F3N6O2/c1-4-23(37)31-19-6-5-7-20(12-19)32-24-21(26(27,28)29)13-30-25(34-24)33-22-11-17-8-9-35(16(3)36)14-18(17)10-15(22)2/h4-7,10-13H,1,8-9,14H2,2-3H3,(H,31,37)(H2,30,32,33,34). The first kappa shape index (κ1) is 25.7. The fraction of sp³-hybridized carbons (Fsp3) is 0.231. The quantitative estimate of drug-likeness (QED) is 0.388. The molecular weight excluding hydrogens is 485 g/mol. The molecule has 8 nitrogen and oxygen atoms in total. The number of alkyl halides is 3. The van der Waals surface area contributed by atoms with Crippen LogP contribution in [-0.2, 0) is 28.7 Å². The Labute approximate surface area is 211 Å². The van der Waals surface area contributed by atoms with Crippen LogP contribution in [-0.4, -0.2) is 33.2 Å². The van der Waals surface area contributed by atoms with Crippen molar-refractivity contribution < 1.29 is 22.8 Å². The number of aryl methyl sites for hydroxylation is 1. The SMILES string of the molecule is C=CC(=O)Nc1cccc(Nc2nc(Nc3cc4c(cc3C)CN(C(C)=O)CC4)ncc2C(F)(F)F)c1. The van der Waals surface area contributed by atoms with Crippen LogP contribution >= 0.6 is 0 Å². The second-order valence-corrected chi connectivity index (χ2v) is 8.60. The highest BCUT2D eigenvalue weighted by Gasteiger charge is 2.35. The van der Waals surface area contributed by atoms with Crippen LogP contribution in [0.3, 0.4) is 0 Å². The van der Waals surface area contributed by atoms with Gasteiger partial charge < -0.3 is 20.9 Å². The summed E-state index contributed by atoms with van der Waals surface area (Å²) in [6.07, 6.45) is -2.21. The predicted molar refractivity (Wildman–Crippen MR) is 135 cm³/mol. The van der Waals surface area contributed by atoms with Crippen LogP contribution < -0.4 is 16.0 Å². The number of anilines is 5. The van der Waals surface area contributed by atoms with E-state index < -0.39 is 23.5 Å². The number of aromatic nitrogens is 2. The zero-order valence-corrected chi connectivity index (χ0v) is 20.2. The topological polar surface area (TPSA) is 99.2 Å². The van der Waals surface area contributed by atoms with E-state index in [4.69, 9.17) is 0 Å². The highest BCUT2D eigenvalue weighted by atomic mass is 19.4. The van der Waals surface area contributed by atoms with E-state index >= 15 is 0 Å². The average molecular weight is 511 g/mol. The van der Waals surface area contributed by atoms with E-state index in [2.05, 4.69) is 32.5 Å². The maximum absolute atomic E-state index is 13.7. The molecule has 192 valence electrons. The molecule has 1 aliphatic heterocycles. The number of nitrogens with one attached hydrogen (secondary N) is 3. The Kier molecular flexibility index (Phi) is 7.14. The van der Waals surface area contributed by atoms with Crippen molar-refractivity contribution in [3.05, 3.63) is 77.5 Å². The number of carbonyl (C=O) groups excluding carboxylic acids is 2. The number of benzene rings is 2. The monoisotopic (exact) mass is 510 g/mol. The highest BCUT2D eigenvalue weighted by Crippen LogP contribution is 2.36. The number of hydrogen-bond donors (Lipinski definition) is 3. The van der Waals surface area contributed by atoms with Crippen molar-refractivity contribution in [2.45, 2.75) is 33.0 Å². The van der Waals surface area contributed by atoms with E-state index in [9.17, 15) is 22.8 Å². The number of rotatable bonds is 6. The summed E-state index contributed by atoms with van der Waals surface area (Å²) >= 11 is 0. The lowest BCUT2D eigenvalue weighted by Crippen LogP contribution is -2.34. The molecule has 0 aliphatic carbocycles. The summed E-state index contributed by atoms with van der Waals surface area (Å²) in [6.45, 7) is 7.89. The summed E-state index contributed by atoms with van der Waals surface area (Å²) in [6, 6.07) is 10.1. The number of amides is 2. The van der Waals surface area contributed by atoms with Crippen molar-refractivity contribution in [2.75, 3.05) is 22.5 Å². The van der Waals surface area contributed by atoms with Gasteiger partial charge in [0.25, 0.3) is 0 Å². The number of nitrogens with zero attached hydrogens (tertiary/aromatic N) is 3. The van der Waals surface area contributed by atoms with Crippen LogP contribution in [0.2, 0.25) is 0 Å². The van der Waals surface area contributed by atoms with E-state index in [0.29, 0.717) is 30.9 Å². The summed E-state index contributed by atoms with van der Waals surface area (Å²) in [4.78, 5) is 33.1. The molecule has 1 aliphatic rings. The Morgan fingerprint density at radius 3 is 2.57 bits per heavy atom. The number of hydrogen-bond acceptors (Lipinski definition) is 6. The number of halogens is 3. The Morgan fingerprint density at radius 2 is 1.86 bits per heavy atom. The molecular formula is C26H25F3N6O2. The first-order chi connectivity index (χ1) is 17.5. The third-order valence-electron chi connectivity index (χ3n) is 5.92. The molecule has 4 rings (SSSR count). The minimum Gasteiger partial charge on any atom is -0.339 e. The second-order valence-electron chi connectivity index (χ2n) is 8.60. The Balaban J connectivity index is 1.62. The zero-order valence-electron chi connectivity index (χ0n) is 20.2. The van der Waals surface area contributed by atoms with Crippen molar-refractivity contribution in [1.82, 2.24) is 14.9 Å². The van der Waals surface area contributed by atoms with Crippen LogP contribution in [0, 0.1) is 6.92 Å². The lowest BCUT2D eigenvalue weighted by molar-refractivity contribution is -0.137. The molecule has 2 aromatic carbocycles. The smallest absolute Gasteiger partial charge is 0.339 e. The molecule has 0 atom stereocenters. The van der Waals surface area contributed by atoms with Crippen LogP contribution in [0.4, 0.5) is 42.0 Å². The molecule has 3 N–H and O–H groups in total. The number of carbonyl (C=O) groups is 2. The number of fused-ring (bicyclic) bond motifs is 1. The van der Waals surface area contributed by atoms with Gasteiger partial charge in [0.1, 0.15) is 11.4 Å². The van der Waals surface area contributed by atoms with Gasteiger partial charge in [-0.25, -0.2) is 4.98 Å². The summed E-state index contributed by atoms with van der Waals surface area (Å²) in [5.74, 6) is -0.894. The Morgan fingerprint density at radius 1 is 1.11 bits per heavy atom. The van der Waals surface area contributed by atoms with Gasteiger partial charge in [0.05, 0.1) is 0 Å². The fourth-order valence-corrected chi connectivity index (χ4v) is 4.01. The summed E-state index contributed by atoms with van der Waals surface area (Å²) < 4.78 is 41.1. The first-order valence-corrected chi connectivity index (χ1v) is 11.4. The van der Waals surface area contributed by atoms with Gasteiger partial charge in [-0.2, -0.15) is 18.2 Å². The lowest BCUT2D eigenvalue weighted by atomic mass is 9.96. The Bertz CT molecular complexity index is 1370. The average Bonchev–Trinajstić information content (AvgIpc) is 2.83. The molecule has 0 spiro atoms. The van der Waals surface area contributed by atoms with E-state index in [1.807, 2.05) is 19.1 Å². The summed E-state index contributed by atoms with van der Waals surface area (Å²) in [5.41, 5.74) is 3.21. The first-order valence-electron chi connectivity index (χ1n) is 11.4. The molecule has 1 aromatic heterocycles. The van der Waals surface area contributed by atoms with Crippen molar-refractivity contribution in [3.8, 4) is 0 Å². The minimum absolute atomic E-state index is 0.0114. The second kappa shape index (κ2) is 10.3. The molecule has 0 fully saturated rings. The minimum atomic E-state index is -4.69. The van der Waals surface area contributed by atoms with Gasteiger partial charge in [0, 0.05) is 43.3 Å². The molecule has 37 heavy (non-hydrogen) atoms. The third kappa shape index (κ3) is 6.05. The van der Waals surface area contributed by atoms with Gasteiger partial charge in [-0.1, -0.05) is 18.7 Å². The molecule has 0 bridgehead atoms. The highest BCUT2D eigenvalue weighted by molar-refractivity contribution is 5.99. The van der Waals surface area contributed by atoms with Gasteiger partial charge in [-0.3, -0.25) is 9.59 Å². The molecule has 0 saturated carbocycles. The van der Waals surface area contributed by atoms with Gasteiger partial charge >= 0.3 is 6.18 Å². The Hall–Kier alpha value is -4.41. The van der Waals surface area contributed by atoms with Gasteiger partial charge in [0.2, 0.25) is 17.8 Å². The van der Waals surface area contributed by atoms with E-state index in [-0.39, 0.29) is 17.5 Å². The van der Waals surface area contributed by atoms with Crippen LogP contribution in [0.25, 0.3) is 0 Å². The molecule has 2 amide bonds. The van der Waals surface area contributed by atoms with Gasteiger partial charge in [-0.05, 0) is 60.4 Å². The van der Waals surface area contributed by atoms with Crippen LogP contribution in [0.1, 0.15) is 29.2 Å². The van der Waals surface area contributed by atoms with E-state index in [0.717, 1.165) is 29.0 Å². The molecule has 2 heterocycles. The maximum atomic E-state index is 13.7. The van der Waals surface area contributed by atoms with Crippen LogP contribution in [0.15, 0.2) is 55.3 Å². The molecule has 0 saturated heterocycles. The van der Waals surface area contributed by atoms with Crippen molar-refractivity contribution >= 4 is 40.6 Å². The molecule has 3 aromatic rings. The van der Waals surface area contributed by atoms with Crippen molar-refractivity contribution in [1.29, 1.82) is 0 Å². The predicted octanol–water partition coefficient (Wildman–Crippen LogP) is 5.32. The summed E-state index contributed by atoms with van der Waals surface area (Å²) in [5, 5.41) is 8.28. The zero-order chi connectivity index (χ0) is 26.7. The maximum Gasteiger partial charge on any atom is 0.421 e. The van der Waals surface area contributed by atoms with Crippen molar-refractivity contribution in [3.63, 3.8) is 0 Å². The fourth-order valence-electron chi connectivity index (χ4n) is 4.01. The molecule has 0 unspecified atom stereocenters. The van der Waals surface area contributed by atoms with Crippen molar-refractivity contribution in [2.24, 2.45) is 0 Å². The lowest BCUT2D eigenvalue weighted by Gasteiger charge is -2.29. The van der Waals surface area contributed by atoms with E-state index in [1.54, 1.807) is 23.1 Å². The van der Waals surface area contributed by atoms with Crippen LogP contribution in [0.5, 0.6) is 0 Å². The largest absolute Gasteiger partial charge is 0.421 e. The summed E-state index contributed by atoms with van der Waals surface area (Å²) in [7, 11) is 0.